The fourth-order valence-corrected chi connectivity index (χ4v) is 3.82. The van der Waals surface area contributed by atoms with Crippen LogP contribution in [0.15, 0.2) is 23.1 Å². The number of nitrogens with zero attached hydrogens (tertiary/aromatic N) is 1. The first-order chi connectivity index (χ1) is 9.89. The summed E-state index contributed by atoms with van der Waals surface area (Å²) >= 11 is 0. The average molecular weight is 314 g/mol. The van der Waals surface area contributed by atoms with Crippen LogP contribution in [-0.4, -0.2) is 19.4 Å². The first kappa shape index (κ1) is 15.7. The third kappa shape index (κ3) is 3.49. The number of hydrogen-bond donors (Lipinski definition) is 3. The third-order valence-electron chi connectivity index (χ3n) is 3.51. The van der Waals surface area contributed by atoms with Crippen LogP contribution in [-0.2, 0) is 10.0 Å². The van der Waals surface area contributed by atoms with Gasteiger partial charge in [0.1, 0.15) is 4.90 Å². The minimum atomic E-state index is -3.84. The highest BCUT2D eigenvalue weighted by atomic mass is 32.2. The van der Waals surface area contributed by atoms with E-state index in [1.807, 2.05) is 6.92 Å². The van der Waals surface area contributed by atoms with Gasteiger partial charge in [-0.2, -0.15) is 0 Å². The Hall–Kier alpha value is -1.71. The van der Waals surface area contributed by atoms with E-state index in [1.54, 1.807) is 0 Å². The Morgan fingerprint density at radius 3 is 2.76 bits per heavy atom. The molecule has 9 heteroatoms. The molecule has 0 spiro atoms. The smallest absolute Gasteiger partial charge is 0.270 e. The van der Waals surface area contributed by atoms with Crippen LogP contribution < -0.4 is 16.0 Å². The van der Waals surface area contributed by atoms with E-state index >= 15 is 0 Å². The highest BCUT2D eigenvalue weighted by molar-refractivity contribution is 7.89. The van der Waals surface area contributed by atoms with Crippen molar-refractivity contribution in [2.24, 2.45) is 11.8 Å². The van der Waals surface area contributed by atoms with Crippen molar-refractivity contribution >= 4 is 21.4 Å². The average Bonchev–Trinajstić information content (AvgIpc) is 3.15. The molecule has 2 unspecified atom stereocenters. The molecule has 1 aromatic carbocycles. The van der Waals surface area contributed by atoms with Gasteiger partial charge in [-0.3, -0.25) is 16.0 Å². The van der Waals surface area contributed by atoms with Gasteiger partial charge in [0, 0.05) is 18.2 Å². The van der Waals surface area contributed by atoms with Crippen molar-refractivity contribution < 1.29 is 13.3 Å². The minimum absolute atomic E-state index is 0.0974. The fraction of sp³-hybridized carbons (Fsp3) is 0.500. The summed E-state index contributed by atoms with van der Waals surface area (Å²) in [5.74, 6) is 5.63. The van der Waals surface area contributed by atoms with Gasteiger partial charge in [0.2, 0.25) is 10.0 Å². The van der Waals surface area contributed by atoms with Crippen LogP contribution >= 0.6 is 0 Å². The monoisotopic (exact) mass is 314 g/mol. The van der Waals surface area contributed by atoms with E-state index in [4.69, 9.17) is 5.84 Å². The molecule has 116 valence electrons. The van der Waals surface area contributed by atoms with Crippen LogP contribution in [0.1, 0.15) is 26.2 Å². The molecular weight excluding hydrogens is 296 g/mol. The van der Waals surface area contributed by atoms with Crippen molar-refractivity contribution in [1.82, 2.24) is 4.72 Å². The number of sulfonamides is 1. The summed E-state index contributed by atoms with van der Waals surface area (Å²) in [4.78, 5) is 9.94. The topological polar surface area (TPSA) is 127 Å². The number of hydrazine groups is 1. The highest BCUT2D eigenvalue weighted by Crippen LogP contribution is 2.36. The van der Waals surface area contributed by atoms with Crippen LogP contribution in [0.5, 0.6) is 0 Å². The molecule has 0 amide bonds. The summed E-state index contributed by atoms with van der Waals surface area (Å²) in [6.45, 7) is 2.04. The minimum Gasteiger partial charge on any atom is -0.323 e. The van der Waals surface area contributed by atoms with Crippen molar-refractivity contribution in [1.29, 1.82) is 0 Å². The van der Waals surface area contributed by atoms with Crippen molar-refractivity contribution in [3.05, 3.63) is 28.3 Å². The molecule has 8 nitrogen and oxygen atoms in total. The highest BCUT2D eigenvalue weighted by Gasteiger charge is 2.40. The van der Waals surface area contributed by atoms with E-state index in [1.165, 1.54) is 12.1 Å². The van der Waals surface area contributed by atoms with Gasteiger partial charge in [0.15, 0.2) is 0 Å². The van der Waals surface area contributed by atoms with Gasteiger partial charge < -0.3 is 5.43 Å². The van der Waals surface area contributed by atoms with Gasteiger partial charge in [-0.15, -0.1) is 0 Å². The lowest BCUT2D eigenvalue weighted by Crippen LogP contribution is -2.28. The number of hydrogen-bond acceptors (Lipinski definition) is 6. The standard InChI is InChI=1S/C12H18N4O4S/c1-2-3-8-6-11(8)15-21(19,20)12-7-9(16(17)18)4-5-10(12)14-13/h4-5,7-8,11,14-15H,2-3,6,13H2,1H3. The van der Waals surface area contributed by atoms with E-state index in [9.17, 15) is 18.5 Å². The molecule has 2 rings (SSSR count). The second kappa shape index (κ2) is 5.96. The molecule has 21 heavy (non-hydrogen) atoms. The van der Waals surface area contributed by atoms with Gasteiger partial charge >= 0.3 is 0 Å². The summed E-state index contributed by atoms with van der Waals surface area (Å²) in [5.41, 5.74) is 2.09. The Morgan fingerprint density at radius 2 is 2.19 bits per heavy atom. The molecule has 1 fully saturated rings. The first-order valence-electron chi connectivity index (χ1n) is 6.66. The molecule has 0 aliphatic heterocycles. The number of nitrogen functional groups attached to an aromatic ring is 1. The van der Waals surface area contributed by atoms with Gasteiger partial charge in [0.25, 0.3) is 5.69 Å². The van der Waals surface area contributed by atoms with Gasteiger partial charge in [-0.1, -0.05) is 13.3 Å². The Bertz CT molecular complexity index is 647. The molecule has 1 saturated carbocycles. The van der Waals surface area contributed by atoms with E-state index in [0.29, 0.717) is 5.92 Å². The fourth-order valence-electron chi connectivity index (χ4n) is 2.31. The summed E-state index contributed by atoms with van der Waals surface area (Å²) < 4.78 is 27.3. The number of nitrogens with two attached hydrogens (primary N) is 1. The zero-order chi connectivity index (χ0) is 15.6. The summed E-state index contributed by atoms with van der Waals surface area (Å²) in [6.07, 6.45) is 2.76. The maximum atomic E-state index is 12.4. The quantitative estimate of drug-likeness (QED) is 0.396. The molecule has 2 atom stereocenters. The van der Waals surface area contributed by atoms with Crippen molar-refractivity contribution in [2.75, 3.05) is 5.43 Å². The summed E-state index contributed by atoms with van der Waals surface area (Å²) in [5, 5.41) is 10.8. The van der Waals surface area contributed by atoms with E-state index in [2.05, 4.69) is 10.1 Å². The van der Waals surface area contributed by atoms with E-state index < -0.39 is 14.9 Å². The Kier molecular flexibility index (Phi) is 4.45. The molecule has 1 aromatic rings. The number of nitro benzene ring substituents is 1. The third-order valence-corrected chi connectivity index (χ3v) is 5.04. The second-order valence-electron chi connectivity index (χ2n) is 5.09. The van der Waals surface area contributed by atoms with Crippen LogP contribution in [0.3, 0.4) is 0 Å². The molecule has 4 N–H and O–H groups in total. The Balaban J connectivity index is 2.26. The van der Waals surface area contributed by atoms with Gasteiger partial charge in [-0.25, -0.2) is 13.1 Å². The molecule has 0 bridgehead atoms. The SMILES string of the molecule is CCCC1CC1NS(=O)(=O)c1cc([N+](=O)[O-])ccc1NN. The number of nitrogens with one attached hydrogen (secondary N) is 2. The molecule has 1 aliphatic rings. The zero-order valence-electron chi connectivity index (χ0n) is 11.6. The van der Waals surface area contributed by atoms with Crippen LogP contribution in [0.25, 0.3) is 0 Å². The maximum absolute atomic E-state index is 12.4. The molecule has 1 aliphatic carbocycles. The normalized spacial score (nSPS) is 21.0. The predicted octanol–water partition coefficient (Wildman–Crippen LogP) is 1.35. The predicted molar refractivity (Wildman–Crippen MR) is 78.0 cm³/mol. The van der Waals surface area contributed by atoms with Crippen LogP contribution in [0.2, 0.25) is 0 Å². The van der Waals surface area contributed by atoms with Crippen LogP contribution in [0.4, 0.5) is 11.4 Å². The lowest BCUT2D eigenvalue weighted by Gasteiger charge is -2.11. The second-order valence-corrected chi connectivity index (χ2v) is 6.78. The molecule has 0 saturated heterocycles. The van der Waals surface area contributed by atoms with Gasteiger partial charge in [0.05, 0.1) is 10.6 Å². The molecule has 0 radical (unpaired) electrons. The number of nitro groups is 1. The Morgan fingerprint density at radius 1 is 1.48 bits per heavy atom. The summed E-state index contributed by atoms with van der Waals surface area (Å²) in [6, 6.07) is 3.39. The Labute approximate surface area is 122 Å². The lowest BCUT2D eigenvalue weighted by molar-refractivity contribution is -0.385. The van der Waals surface area contributed by atoms with Crippen molar-refractivity contribution in [3.63, 3.8) is 0 Å². The maximum Gasteiger partial charge on any atom is 0.270 e. The number of benzene rings is 1. The summed E-state index contributed by atoms with van der Waals surface area (Å²) in [7, 11) is -3.84. The first-order valence-corrected chi connectivity index (χ1v) is 8.14. The largest absolute Gasteiger partial charge is 0.323 e. The lowest BCUT2D eigenvalue weighted by atomic mass is 10.2. The van der Waals surface area contributed by atoms with Crippen molar-refractivity contribution in [2.45, 2.75) is 37.1 Å². The molecule has 0 aromatic heterocycles. The van der Waals surface area contributed by atoms with Crippen LogP contribution in [0, 0.1) is 16.0 Å². The zero-order valence-corrected chi connectivity index (χ0v) is 12.4. The number of rotatable bonds is 7. The number of non-ortho nitro benzene ring substituents is 1. The van der Waals surface area contributed by atoms with E-state index in [-0.39, 0.29) is 22.3 Å². The molecular formula is C12H18N4O4S. The number of anilines is 1. The van der Waals surface area contributed by atoms with E-state index in [0.717, 1.165) is 25.3 Å². The van der Waals surface area contributed by atoms with Gasteiger partial charge in [-0.05, 0) is 24.8 Å². The molecule has 0 heterocycles. The van der Waals surface area contributed by atoms with Crippen molar-refractivity contribution in [3.8, 4) is 0 Å².